The average molecular weight is 507 g/mol. The highest BCUT2D eigenvalue weighted by molar-refractivity contribution is 7.90. The Hall–Kier alpha value is -2.15. The predicted molar refractivity (Wildman–Crippen MR) is 117 cm³/mol. The maximum atomic E-state index is 13.1. The van der Waals surface area contributed by atoms with Crippen LogP contribution in [0.5, 0.6) is 0 Å². The van der Waals surface area contributed by atoms with E-state index in [9.17, 15) is 35.1 Å². The van der Waals surface area contributed by atoms with Gasteiger partial charge >= 0.3 is 6.18 Å². The first-order valence-corrected chi connectivity index (χ1v) is 13.3. The summed E-state index contributed by atoms with van der Waals surface area (Å²) in [5.41, 5.74) is -2.80. The van der Waals surface area contributed by atoms with Crippen LogP contribution in [-0.2, 0) is 25.5 Å². The summed E-state index contributed by atoms with van der Waals surface area (Å²) in [7, 11) is -7.30. The lowest BCUT2D eigenvalue weighted by molar-refractivity contribution is -0.258. The summed E-state index contributed by atoms with van der Waals surface area (Å²) in [6, 6.07) is 9.93. The molecule has 0 saturated carbocycles. The van der Waals surface area contributed by atoms with Crippen molar-refractivity contribution in [2.24, 2.45) is 0 Å². The van der Waals surface area contributed by atoms with E-state index in [1.807, 2.05) is 4.90 Å². The van der Waals surface area contributed by atoms with E-state index in [0.29, 0.717) is 20.0 Å². The molecule has 2 atom stereocenters. The third kappa shape index (κ3) is 5.03. The molecule has 0 radical (unpaired) electrons. The van der Waals surface area contributed by atoms with Crippen LogP contribution < -0.4 is 4.90 Å². The monoisotopic (exact) mass is 506 g/mol. The summed E-state index contributed by atoms with van der Waals surface area (Å²) in [6.45, 7) is 3.16. The largest absolute Gasteiger partial charge is 0.421 e. The number of aliphatic hydroxyl groups is 1. The van der Waals surface area contributed by atoms with Crippen molar-refractivity contribution in [3.63, 3.8) is 0 Å². The van der Waals surface area contributed by atoms with Crippen molar-refractivity contribution in [2.75, 3.05) is 30.8 Å². The van der Waals surface area contributed by atoms with E-state index >= 15 is 0 Å². The first-order chi connectivity index (χ1) is 15.0. The number of hydrogen-bond donors (Lipinski definition) is 1. The minimum Gasteiger partial charge on any atom is -0.376 e. The van der Waals surface area contributed by atoms with Crippen LogP contribution in [0.4, 0.5) is 18.9 Å². The molecule has 0 aromatic heterocycles. The summed E-state index contributed by atoms with van der Waals surface area (Å²) in [5, 5.41) is 9.78. The van der Waals surface area contributed by atoms with Crippen molar-refractivity contribution in [1.29, 1.82) is 0 Å². The molecule has 2 aromatic rings. The Labute approximate surface area is 191 Å². The number of rotatable bonds is 5. The Morgan fingerprint density at radius 1 is 0.909 bits per heavy atom. The number of anilines is 1. The summed E-state index contributed by atoms with van der Waals surface area (Å²) in [6.07, 6.45) is -3.79. The van der Waals surface area contributed by atoms with E-state index in [4.69, 9.17) is 0 Å². The molecule has 12 heteroatoms. The number of sulfone groups is 1. The van der Waals surface area contributed by atoms with Crippen LogP contribution in [0.3, 0.4) is 0 Å². The Morgan fingerprint density at radius 3 is 1.88 bits per heavy atom. The van der Waals surface area contributed by atoms with Crippen molar-refractivity contribution in [3.05, 3.63) is 54.1 Å². The fourth-order valence-corrected chi connectivity index (χ4v) is 5.93. The molecule has 182 valence electrons. The zero-order chi connectivity index (χ0) is 24.8. The molecule has 1 heterocycles. The van der Waals surface area contributed by atoms with Crippen LogP contribution in [0.25, 0.3) is 0 Å². The van der Waals surface area contributed by atoms with Gasteiger partial charge < -0.3 is 10.0 Å². The standard InChI is InChI=1S/C21H25F3N2O5S2/c1-15-14-25(17-6-10-18(11-7-17)32(3,28)29)12-13-26(15)33(30,31)19-8-4-16(5-9-19)20(2,27)21(22,23)24/h4-11,15,27H,12-14H2,1-3H3. The normalized spacial score (nSPS) is 20.5. The second kappa shape index (κ2) is 8.57. The maximum Gasteiger partial charge on any atom is 0.421 e. The van der Waals surface area contributed by atoms with E-state index in [2.05, 4.69) is 0 Å². The molecule has 1 fully saturated rings. The first-order valence-electron chi connectivity index (χ1n) is 10.0. The zero-order valence-electron chi connectivity index (χ0n) is 18.2. The molecule has 2 unspecified atom stereocenters. The van der Waals surface area contributed by atoms with Crippen molar-refractivity contribution < 1.29 is 35.1 Å². The van der Waals surface area contributed by atoms with Gasteiger partial charge in [-0.05, 0) is 55.8 Å². The Kier molecular flexibility index (Phi) is 6.61. The van der Waals surface area contributed by atoms with Crippen LogP contribution in [0.15, 0.2) is 58.3 Å². The summed E-state index contributed by atoms with van der Waals surface area (Å²) in [4.78, 5) is 1.96. The molecule has 1 aliphatic rings. The van der Waals surface area contributed by atoms with Gasteiger partial charge in [0, 0.05) is 37.6 Å². The van der Waals surface area contributed by atoms with E-state index < -0.39 is 43.2 Å². The van der Waals surface area contributed by atoms with Crippen molar-refractivity contribution >= 4 is 25.5 Å². The van der Waals surface area contributed by atoms with Gasteiger partial charge in [0.05, 0.1) is 9.79 Å². The van der Waals surface area contributed by atoms with Gasteiger partial charge in [0.1, 0.15) is 0 Å². The molecule has 0 amide bonds. The van der Waals surface area contributed by atoms with Crippen LogP contribution in [0.1, 0.15) is 19.4 Å². The molecule has 1 N–H and O–H groups in total. The molecule has 0 spiro atoms. The molecule has 33 heavy (non-hydrogen) atoms. The lowest BCUT2D eigenvalue weighted by atomic mass is 9.96. The van der Waals surface area contributed by atoms with Crippen LogP contribution >= 0.6 is 0 Å². The van der Waals surface area contributed by atoms with Crippen LogP contribution in [0, 0.1) is 0 Å². The number of alkyl halides is 3. The Balaban J connectivity index is 1.77. The van der Waals surface area contributed by atoms with E-state index in [1.165, 1.54) is 16.4 Å². The third-order valence-corrected chi connectivity index (χ3v) is 8.93. The fraction of sp³-hybridized carbons (Fsp3) is 0.429. The van der Waals surface area contributed by atoms with Gasteiger partial charge in [-0.15, -0.1) is 0 Å². The molecule has 2 aromatic carbocycles. The molecule has 0 bridgehead atoms. The number of benzene rings is 2. The van der Waals surface area contributed by atoms with Gasteiger partial charge in [-0.1, -0.05) is 12.1 Å². The molecule has 0 aliphatic carbocycles. The predicted octanol–water partition coefficient (Wildman–Crippen LogP) is 2.76. The lowest BCUT2D eigenvalue weighted by Crippen LogP contribution is -2.54. The average Bonchev–Trinajstić information content (AvgIpc) is 2.72. The first kappa shape index (κ1) is 25.5. The molecule has 7 nitrogen and oxygen atoms in total. The highest BCUT2D eigenvalue weighted by atomic mass is 32.2. The van der Waals surface area contributed by atoms with Gasteiger partial charge in [-0.25, -0.2) is 16.8 Å². The van der Waals surface area contributed by atoms with Gasteiger partial charge in [-0.3, -0.25) is 0 Å². The number of halogens is 3. The zero-order valence-corrected chi connectivity index (χ0v) is 19.9. The minimum atomic E-state index is -4.91. The van der Waals surface area contributed by atoms with Crippen LogP contribution in [0.2, 0.25) is 0 Å². The number of hydrogen-bond acceptors (Lipinski definition) is 6. The fourth-order valence-electron chi connectivity index (χ4n) is 3.69. The SMILES string of the molecule is CC1CN(c2ccc(S(C)(=O)=O)cc2)CCN1S(=O)(=O)c1ccc(C(C)(O)C(F)(F)F)cc1. The summed E-state index contributed by atoms with van der Waals surface area (Å²) < 4.78 is 89.9. The van der Waals surface area contributed by atoms with E-state index in [1.54, 1.807) is 19.1 Å². The number of nitrogens with zero attached hydrogens (tertiary/aromatic N) is 2. The molecular weight excluding hydrogens is 481 g/mol. The van der Waals surface area contributed by atoms with Gasteiger partial charge in [-0.2, -0.15) is 17.5 Å². The molecule has 1 saturated heterocycles. The molecule has 1 aliphatic heterocycles. The Morgan fingerprint density at radius 2 is 1.42 bits per heavy atom. The quantitative estimate of drug-likeness (QED) is 0.670. The van der Waals surface area contributed by atoms with Gasteiger partial charge in [0.2, 0.25) is 10.0 Å². The van der Waals surface area contributed by atoms with E-state index in [0.717, 1.165) is 36.2 Å². The second-order valence-corrected chi connectivity index (χ2v) is 12.2. The molecular formula is C21H25F3N2O5S2. The third-order valence-electron chi connectivity index (χ3n) is 5.77. The number of piperazine rings is 1. The Bertz CT molecular complexity index is 1210. The van der Waals surface area contributed by atoms with Crippen molar-refractivity contribution in [2.45, 2.75) is 41.5 Å². The topological polar surface area (TPSA) is 95.0 Å². The maximum absolute atomic E-state index is 13.1. The lowest BCUT2D eigenvalue weighted by Gasteiger charge is -2.40. The van der Waals surface area contributed by atoms with Crippen LogP contribution in [-0.4, -0.2) is 64.4 Å². The van der Waals surface area contributed by atoms with Gasteiger partial charge in [0.25, 0.3) is 0 Å². The summed E-state index contributed by atoms with van der Waals surface area (Å²) in [5.74, 6) is 0. The van der Waals surface area contributed by atoms with Gasteiger partial charge in [0.15, 0.2) is 15.4 Å². The van der Waals surface area contributed by atoms with Crippen molar-refractivity contribution in [3.8, 4) is 0 Å². The highest BCUT2D eigenvalue weighted by Crippen LogP contribution is 2.38. The molecule has 3 rings (SSSR count). The smallest absolute Gasteiger partial charge is 0.376 e. The summed E-state index contributed by atoms with van der Waals surface area (Å²) >= 11 is 0. The minimum absolute atomic E-state index is 0.138. The highest BCUT2D eigenvalue weighted by Gasteiger charge is 2.51. The number of sulfonamides is 1. The van der Waals surface area contributed by atoms with Crippen molar-refractivity contribution in [1.82, 2.24) is 4.31 Å². The second-order valence-electron chi connectivity index (χ2n) is 8.27. The van der Waals surface area contributed by atoms with E-state index in [-0.39, 0.29) is 16.3 Å².